The van der Waals surface area contributed by atoms with Crippen LogP contribution in [0.25, 0.3) is 0 Å². The molecule has 0 aliphatic rings. The SMILES string of the molecule is Cc1ccc(C(=O)O)cc1NC(=O)[C@@H](C)Cn1cc(Br)cn1. The van der Waals surface area contributed by atoms with E-state index in [0.717, 1.165) is 10.0 Å². The van der Waals surface area contributed by atoms with Gasteiger partial charge >= 0.3 is 5.97 Å². The maximum atomic E-state index is 12.2. The van der Waals surface area contributed by atoms with E-state index in [0.29, 0.717) is 12.2 Å². The number of nitrogens with one attached hydrogen (secondary N) is 1. The van der Waals surface area contributed by atoms with Crippen molar-refractivity contribution in [2.75, 3.05) is 5.32 Å². The Hall–Kier alpha value is -2.15. The third-order valence-corrected chi connectivity index (χ3v) is 3.66. The van der Waals surface area contributed by atoms with Crippen LogP contribution in [0.4, 0.5) is 5.69 Å². The van der Waals surface area contributed by atoms with Crippen LogP contribution in [0.5, 0.6) is 0 Å². The first-order valence-corrected chi connectivity index (χ1v) is 7.49. The number of aromatic carboxylic acids is 1. The van der Waals surface area contributed by atoms with Crippen molar-refractivity contribution in [2.45, 2.75) is 20.4 Å². The lowest BCUT2D eigenvalue weighted by Gasteiger charge is -2.14. The molecule has 6 nitrogen and oxygen atoms in total. The van der Waals surface area contributed by atoms with Crippen molar-refractivity contribution in [3.63, 3.8) is 0 Å². The molecule has 2 aromatic rings. The smallest absolute Gasteiger partial charge is 0.335 e. The highest BCUT2D eigenvalue weighted by Crippen LogP contribution is 2.18. The molecule has 0 bridgehead atoms. The minimum atomic E-state index is -1.02. The summed E-state index contributed by atoms with van der Waals surface area (Å²) in [4.78, 5) is 23.2. The highest BCUT2D eigenvalue weighted by molar-refractivity contribution is 9.10. The van der Waals surface area contributed by atoms with Gasteiger partial charge in [0, 0.05) is 11.9 Å². The van der Waals surface area contributed by atoms with Crippen molar-refractivity contribution in [1.82, 2.24) is 9.78 Å². The number of benzene rings is 1. The number of hydrogen-bond donors (Lipinski definition) is 2. The average molecular weight is 366 g/mol. The lowest BCUT2D eigenvalue weighted by molar-refractivity contribution is -0.119. The number of rotatable bonds is 5. The van der Waals surface area contributed by atoms with E-state index in [1.165, 1.54) is 12.1 Å². The highest BCUT2D eigenvalue weighted by atomic mass is 79.9. The van der Waals surface area contributed by atoms with Crippen molar-refractivity contribution in [1.29, 1.82) is 0 Å². The number of carboxylic acids is 1. The average Bonchev–Trinajstić information content (AvgIpc) is 2.86. The summed E-state index contributed by atoms with van der Waals surface area (Å²) in [6.45, 7) is 4.05. The Morgan fingerprint density at radius 3 is 2.77 bits per heavy atom. The van der Waals surface area contributed by atoms with Crippen LogP contribution < -0.4 is 5.32 Å². The Balaban J connectivity index is 2.07. The molecule has 116 valence electrons. The van der Waals surface area contributed by atoms with Gasteiger partial charge in [-0.2, -0.15) is 5.10 Å². The fourth-order valence-corrected chi connectivity index (χ4v) is 2.28. The topological polar surface area (TPSA) is 84.2 Å². The summed E-state index contributed by atoms with van der Waals surface area (Å²) in [5, 5.41) is 15.9. The van der Waals surface area contributed by atoms with Gasteiger partial charge in [0.25, 0.3) is 0 Å². The molecule has 1 aromatic heterocycles. The van der Waals surface area contributed by atoms with E-state index < -0.39 is 5.97 Å². The number of anilines is 1. The number of aromatic nitrogens is 2. The molecule has 1 atom stereocenters. The molecule has 0 aliphatic heterocycles. The van der Waals surface area contributed by atoms with Gasteiger partial charge in [-0.25, -0.2) is 4.79 Å². The first-order valence-electron chi connectivity index (χ1n) is 6.69. The number of halogens is 1. The highest BCUT2D eigenvalue weighted by Gasteiger charge is 2.16. The molecule has 0 fully saturated rings. The number of carbonyl (C=O) groups is 2. The van der Waals surface area contributed by atoms with Crippen LogP contribution in [0.1, 0.15) is 22.8 Å². The Morgan fingerprint density at radius 1 is 1.45 bits per heavy atom. The Bertz CT molecular complexity index is 712. The largest absolute Gasteiger partial charge is 0.478 e. The van der Waals surface area contributed by atoms with Gasteiger partial charge in [0.1, 0.15) is 0 Å². The minimum Gasteiger partial charge on any atom is -0.478 e. The first kappa shape index (κ1) is 16.2. The van der Waals surface area contributed by atoms with Gasteiger partial charge in [0.05, 0.1) is 28.7 Å². The van der Waals surface area contributed by atoms with Crippen molar-refractivity contribution in [3.05, 3.63) is 46.2 Å². The molecule has 0 saturated heterocycles. The number of carboxylic acid groups (broad SMARTS) is 1. The molecule has 0 aliphatic carbocycles. The molecular weight excluding hydrogens is 350 g/mol. The molecule has 1 amide bonds. The molecule has 0 saturated carbocycles. The number of carbonyl (C=O) groups excluding carboxylic acids is 1. The van der Waals surface area contributed by atoms with Crippen molar-refractivity contribution in [3.8, 4) is 0 Å². The normalized spacial score (nSPS) is 12.0. The van der Waals surface area contributed by atoms with E-state index in [2.05, 4.69) is 26.3 Å². The quantitative estimate of drug-likeness (QED) is 0.852. The van der Waals surface area contributed by atoms with Gasteiger partial charge < -0.3 is 10.4 Å². The maximum absolute atomic E-state index is 12.2. The Labute approximate surface area is 136 Å². The van der Waals surface area contributed by atoms with Crippen molar-refractivity contribution >= 4 is 33.5 Å². The van der Waals surface area contributed by atoms with E-state index in [9.17, 15) is 9.59 Å². The zero-order valence-electron chi connectivity index (χ0n) is 12.2. The number of hydrogen-bond acceptors (Lipinski definition) is 3. The minimum absolute atomic E-state index is 0.143. The molecule has 0 radical (unpaired) electrons. The van der Waals surface area contributed by atoms with Crippen LogP contribution in [0.3, 0.4) is 0 Å². The Kier molecular flexibility index (Phi) is 4.97. The van der Waals surface area contributed by atoms with Gasteiger partial charge in [0.15, 0.2) is 0 Å². The molecular formula is C15H16BrN3O3. The second kappa shape index (κ2) is 6.74. The van der Waals surface area contributed by atoms with E-state index >= 15 is 0 Å². The lowest BCUT2D eigenvalue weighted by Crippen LogP contribution is -2.25. The van der Waals surface area contributed by atoms with Gasteiger partial charge in [-0.05, 0) is 40.5 Å². The van der Waals surface area contributed by atoms with E-state index in [4.69, 9.17) is 5.11 Å². The van der Waals surface area contributed by atoms with Crippen LogP contribution in [0.15, 0.2) is 35.1 Å². The van der Waals surface area contributed by atoms with Crippen LogP contribution >= 0.6 is 15.9 Å². The molecule has 0 unspecified atom stereocenters. The van der Waals surface area contributed by atoms with Crippen LogP contribution in [0.2, 0.25) is 0 Å². The van der Waals surface area contributed by atoms with Crippen molar-refractivity contribution in [2.24, 2.45) is 5.92 Å². The zero-order chi connectivity index (χ0) is 16.3. The van der Waals surface area contributed by atoms with Crippen LogP contribution in [0, 0.1) is 12.8 Å². The predicted molar refractivity (Wildman–Crippen MR) is 85.9 cm³/mol. The van der Waals surface area contributed by atoms with Crippen molar-refractivity contribution < 1.29 is 14.7 Å². The van der Waals surface area contributed by atoms with Gasteiger partial charge in [0.2, 0.25) is 5.91 Å². The number of aryl methyl sites for hydroxylation is 1. The summed E-state index contributed by atoms with van der Waals surface area (Å²) in [7, 11) is 0. The van der Waals surface area contributed by atoms with E-state index in [-0.39, 0.29) is 17.4 Å². The molecule has 0 spiro atoms. The molecule has 1 heterocycles. The fourth-order valence-electron chi connectivity index (χ4n) is 1.95. The zero-order valence-corrected chi connectivity index (χ0v) is 13.8. The monoisotopic (exact) mass is 365 g/mol. The van der Waals surface area contributed by atoms with E-state index in [1.54, 1.807) is 30.1 Å². The number of amides is 1. The second-order valence-corrected chi connectivity index (χ2v) is 6.02. The lowest BCUT2D eigenvalue weighted by atomic mass is 10.1. The summed E-state index contributed by atoms with van der Waals surface area (Å²) in [5.74, 6) is -1.51. The summed E-state index contributed by atoms with van der Waals surface area (Å²) in [6, 6.07) is 4.65. The van der Waals surface area contributed by atoms with Crippen LogP contribution in [-0.4, -0.2) is 26.8 Å². The Morgan fingerprint density at radius 2 is 2.18 bits per heavy atom. The van der Waals surface area contributed by atoms with Gasteiger partial charge in [-0.15, -0.1) is 0 Å². The predicted octanol–water partition coefficient (Wildman–Crippen LogP) is 2.93. The fraction of sp³-hybridized carbons (Fsp3) is 0.267. The first-order chi connectivity index (χ1) is 10.4. The molecule has 2 N–H and O–H groups in total. The third-order valence-electron chi connectivity index (χ3n) is 3.25. The van der Waals surface area contributed by atoms with Gasteiger partial charge in [-0.3, -0.25) is 9.48 Å². The number of nitrogens with zero attached hydrogens (tertiary/aromatic N) is 2. The molecule has 2 rings (SSSR count). The maximum Gasteiger partial charge on any atom is 0.335 e. The summed E-state index contributed by atoms with van der Waals surface area (Å²) in [6.07, 6.45) is 3.45. The molecule has 22 heavy (non-hydrogen) atoms. The molecule has 1 aromatic carbocycles. The van der Waals surface area contributed by atoms with E-state index in [1.807, 2.05) is 6.92 Å². The second-order valence-electron chi connectivity index (χ2n) is 5.11. The molecule has 7 heteroatoms. The van der Waals surface area contributed by atoms with Crippen LogP contribution in [-0.2, 0) is 11.3 Å². The standard InChI is InChI=1S/C15H16BrN3O3/c1-9-3-4-11(15(21)22)5-13(9)18-14(20)10(2)7-19-8-12(16)6-17-19/h3-6,8,10H,7H2,1-2H3,(H,18,20)(H,21,22)/t10-/m0/s1. The third kappa shape index (κ3) is 3.94. The summed E-state index contributed by atoms with van der Waals surface area (Å²) >= 11 is 3.30. The summed E-state index contributed by atoms with van der Waals surface area (Å²) in [5.41, 5.74) is 1.47. The summed E-state index contributed by atoms with van der Waals surface area (Å²) < 4.78 is 2.53. The van der Waals surface area contributed by atoms with Gasteiger partial charge in [-0.1, -0.05) is 13.0 Å².